The molecule has 0 unspecified atom stereocenters. The third-order valence-electron chi connectivity index (χ3n) is 3.47. The average Bonchev–Trinajstić information content (AvgIpc) is 2.57. The molecule has 1 heterocycles. The molecule has 1 N–H and O–H groups in total. The summed E-state index contributed by atoms with van der Waals surface area (Å²) in [5.74, 6) is 0.179. The van der Waals surface area contributed by atoms with Gasteiger partial charge in [-0.1, -0.05) is 12.1 Å². The van der Waals surface area contributed by atoms with Gasteiger partial charge in [-0.25, -0.2) is 4.79 Å². The summed E-state index contributed by atoms with van der Waals surface area (Å²) in [6.45, 7) is 3.08. The summed E-state index contributed by atoms with van der Waals surface area (Å²) < 4.78 is 7.48. The molecule has 7 nitrogen and oxygen atoms in total. The van der Waals surface area contributed by atoms with Gasteiger partial charge in [-0.15, -0.1) is 0 Å². The number of hydrogen-bond donors (Lipinski definition) is 1. The van der Waals surface area contributed by atoms with Crippen LogP contribution in [0.5, 0.6) is 0 Å². The monoisotopic (exact) mass is 314 g/mol. The van der Waals surface area contributed by atoms with E-state index in [1.807, 2.05) is 25.1 Å². The molecule has 0 aliphatic rings. The van der Waals surface area contributed by atoms with E-state index in [2.05, 4.69) is 5.32 Å². The van der Waals surface area contributed by atoms with Crippen LogP contribution in [0.15, 0.2) is 33.9 Å². The number of anilines is 2. The Balaban J connectivity index is 2.39. The van der Waals surface area contributed by atoms with Crippen LogP contribution in [0.3, 0.4) is 0 Å². The first-order chi connectivity index (χ1) is 11.0. The highest BCUT2D eigenvalue weighted by Crippen LogP contribution is 2.17. The van der Waals surface area contributed by atoms with Crippen LogP contribution in [0, 0.1) is 11.3 Å². The summed E-state index contributed by atoms with van der Waals surface area (Å²) in [6, 6.07) is 9.22. The molecule has 120 valence electrons. The van der Waals surface area contributed by atoms with Gasteiger partial charge in [0.2, 0.25) is 0 Å². The fourth-order valence-corrected chi connectivity index (χ4v) is 2.13. The third-order valence-corrected chi connectivity index (χ3v) is 3.47. The highest BCUT2D eigenvalue weighted by atomic mass is 16.5. The van der Waals surface area contributed by atoms with Crippen molar-refractivity contribution in [1.29, 1.82) is 5.26 Å². The van der Waals surface area contributed by atoms with E-state index in [9.17, 15) is 14.9 Å². The number of nitrogens with one attached hydrogen (secondary N) is 1. The van der Waals surface area contributed by atoms with E-state index in [1.165, 1.54) is 18.7 Å². The summed E-state index contributed by atoms with van der Waals surface area (Å²) in [6.07, 6.45) is 0. The maximum absolute atomic E-state index is 12.0. The Labute approximate surface area is 133 Å². The number of benzene rings is 1. The second-order valence-corrected chi connectivity index (χ2v) is 5.00. The van der Waals surface area contributed by atoms with Crippen LogP contribution in [-0.2, 0) is 25.4 Å². The molecule has 0 fully saturated rings. The Morgan fingerprint density at radius 3 is 2.39 bits per heavy atom. The first-order valence-corrected chi connectivity index (χ1v) is 7.13. The van der Waals surface area contributed by atoms with Gasteiger partial charge in [0, 0.05) is 26.4 Å². The summed E-state index contributed by atoms with van der Waals surface area (Å²) in [7, 11) is 2.85. The SMILES string of the molecule is CCOCc1ccc(Nc2c(C#N)c(=O)n(C)c(=O)n2C)cc1. The maximum Gasteiger partial charge on any atom is 0.332 e. The van der Waals surface area contributed by atoms with Crippen LogP contribution in [-0.4, -0.2) is 15.7 Å². The molecule has 1 aromatic heterocycles. The van der Waals surface area contributed by atoms with Gasteiger partial charge in [0.05, 0.1) is 6.61 Å². The highest BCUT2D eigenvalue weighted by Gasteiger charge is 2.15. The normalized spacial score (nSPS) is 10.3. The third kappa shape index (κ3) is 3.33. The number of aromatic nitrogens is 2. The predicted molar refractivity (Wildman–Crippen MR) is 86.7 cm³/mol. The minimum Gasteiger partial charge on any atom is -0.377 e. The first kappa shape index (κ1) is 16.5. The molecule has 0 atom stereocenters. The van der Waals surface area contributed by atoms with Crippen LogP contribution >= 0.6 is 0 Å². The lowest BCUT2D eigenvalue weighted by Gasteiger charge is -2.14. The minimum absolute atomic E-state index is 0.104. The zero-order valence-electron chi connectivity index (χ0n) is 13.3. The zero-order chi connectivity index (χ0) is 17.0. The predicted octanol–water partition coefficient (Wildman–Crippen LogP) is 1.24. The van der Waals surface area contributed by atoms with Crippen molar-refractivity contribution in [3.8, 4) is 6.07 Å². The Morgan fingerprint density at radius 2 is 1.83 bits per heavy atom. The van der Waals surface area contributed by atoms with Crippen molar-refractivity contribution < 1.29 is 4.74 Å². The van der Waals surface area contributed by atoms with E-state index >= 15 is 0 Å². The van der Waals surface area contributed by atoms with Crippen LogP contribution < -0.4 is 16.6 Å². The van der Waals surface area contributed by atoms with E-state index in [-0.39, 0.29) is 11.4 Å². The fourth-order valence-electron chi connectivity index (χ4n) is 2.13. The second kappa shape index (κ2) is 6.94. The first-order valence-electron chi connectivity index (χ1n) is 7.13. The number of hydrogen-bond acceptors (Lipinski definition) is 5. The van der Waals surface area contributed by atoms with Gasteiger partial charge in [0.25, 0.3) is 5.56 Å². The molecule has 23 heavy (non-hydrogen) atoms. The fraction of sp³-hybridized carbons (Fsp3) is 0.312. The van der Waals surface area contributed by atoms with Gasteiger partial charge in [-0.05, 0) is 24.6 Å². The Bertz CT molecular complexity index is 857. The molecular weight excluding hydrogens is 296 g/mol. The molecule has 2 rings (SSSR count). The van der Waals surface area contributed by atoms with Crippen molar-refractivity contribution in [2.45, 2.75) is 13.5 Å². The molecule has 0 aliphatic heterocycles. The Kier molecular flexibility index (Phi) is 4.98. The van der Waals surface area contributed by atoms with Gasteiger partial charge in [-0.3, -0.25) is 13.9 Å². The minimum atomic E-state index is -0.619. The van der Waals surface area contributed by atoms with Crippen molar-refractivity contribution >= 4 is 11.5 Å². The lowest BCUT2D eigenvalue weighted by Crippen LogP contribution is -2.39. The van der Waals surface area contributed by atoms with Crippen LogP contribution in [0.4, 0.5) is 11.5 Å². The van der Waals surface area contributed by atoms with Crippen LogP contribution in [0.25, 0.3) is 0 Å². The van der Waals surface area contributed by atoms with E-state index in [0.29, 0.717) is 18.9 Å². The highest BCUT2D eigenvalue weighted by molar-refractivity contribution is 5.62. The molecule has 0 amide bonds. The van der Waals surface area contributed by atoms with Crippen molar-refractivity contribution in [3.05, 3.63) is 56.2 Å². The molecule has 0 radical (unpaired) electrons. The van der Waals surface area contributed by atoms with Gasteiger partial charge in [-0.2, -0.15) is 5.26 Å². The van der Waals surface area contributed by atoms with Gasteiger partial charge < -0.3 is 10.1 Å². The molecular formula is C16H18N4O3. The van der Waals surface area contributed by atoms with Crippen molar-refractivity contribution in [1.82, 2.24) is 9.13 Å². The Hall–Kier alpha value is -2.85. The second-order valence-electron chi connectivity index (χ2n) is 5.00. The molecule has 0 saturated carbocycles. The van der Waals surface area contributed by atoms with E-state index in [1.54, 1.807) is 12.1 Å². The van der Waals surface area contributed by atoms with Crippen LogP contribution in [0.2, 0.25) is 0 Å². The van der Waals surface area contributed by atoms with Crippen molar-refractivity contribution in [3.63, 3.8) is 0 Å². The topological polar surface area (TPSA) is 89.1 Å². The van der Waals surface area contributed by atoms with Crippen molar-refractivity contribution in [2.24, 2.45) is 14.1 Å². The summed E-state index contributed by atoms with van der Waals surface area (Å²) in [4.78, 5) is 24.0. The largest absolute Gasteiger partial charge is 0.377 e. The van der Waals surface area contributed by atoms with E-state index in [0.717, 1.165) is 10.1 Å². The lowest BCUT2D eigenvalue weighted by atomic mass is 10.2. The number of ether oxygens (including phenoxy) is 1. The average molecular weight is 314 g/mol. The standard InChI is InChI=1S/C16H18N4O3/c1-4-23-10-11-5-7-12(8-6-11)18-14-13(9-17)15(21)20(3)16(22)19(14)2/h5-8,18H,4,10H2,1-3H3. The summed E-state index contributed by atoms with van der Waals surface area (Å²) in [5.41, 5.74) is 0.462. The van der Waals surface area contributed by atoms with E-state index in [4.69, 9.17) is 4.74 Å². The quantitative estimate of drug-likeness (QED) is 0.897. The van der Waals surface area contributed by atoms with E-state index < -0.39 is 11.2 Å². The number of nitrogens with zero attached hydrogens (tertiary/aromatic N) is 3. The zero-order valence-corrected chi connectivity index (χ0v) is 13.3. The summed E-state index contributed by atoms with van der Waals surface area (Å²) in [5, 5.41) is 12.2. The van der Waals surface area contributed by atoms with Crippen molar-refractivity contribution in [2.75, 3.05) is 11.9 Å². The molecule has 0 spiro atoms. The van der Waals surface area contributed by atoms with Gasteiger partial charge in [0.15, 0.2) is 5.56 Å². The molecule has 0 saturated heterocycles. The van der Waals surface area contributed by atoms with Crippen LogP contribution in [0.1, 0.15) is 18.1 Å². The van der Waals surface area contributed by atoms with Gasteiger partial charge in [0.1, 0.15) is 11.9 Å². The molecule has 0 bridgehead atoms. The number of nitriles is 1. The molecule has 7 heteroatoms. The number of rotatable bonds is 5. The van der Waals surface area contributed by atoms with Gasteiger partial charge >= 0.3 is 5.69 Å². The smallest absolute Gasteiger partial charge is 0.332 e. The molecule has 2 aromatic rings. The molecule has 0 aliphatic carbocycles. The Morgan fingerprint density at radius 1 is 1.17 bits per heavy atom. The summed E-state index contributed by atoms with van der Waals surface area (Å²) >= 11 is 0. The lowest BCUT2D eigenvalue weighted by molar-refractivity contribution is 0.134. The maximum atomic E-state index is 12.0. The molecule has 1 aromatic carbocycles.